The molecule has 0 saturated carbocycles. The highest BCUT2D eigenvalue weighted by Gasteiger charge is 2.12. The fraction of sp³-hybridized carbons (Fsp3) is 0.250. The largest absolute Gasteiger partial charge is 0.362 e. The van der Waals surface area contributed by atoms with Crippen LogP contribution in [-0.4, -0.2) is 34.8 Å². The minimum atomic E-state index is -0.207. The lowest BCUT2D eigenvalue weighted by Crippen LogP contribution is -2.08. The predicted octanol–water partition coefficient (Wildman–Crippen LogP) is 1.36. The number of rotatable bonds is 12. The van der Waals surface area contributed by atoms with Crippen molar-refractivity contribution < 1.29 is 29.3 Å². The van der Waals surface area contributed by atoms with Gasteiger partial charge in [0.15, 0.2) is 0 Å². The van der Waals surface area contributed by atoms with Crippen molar-refractivity contribution in [3.63, 3.8) is 0 Å². The summed E-state index contributed by atoms with van der Waals surface area (Å²) in [5.41, 5.74) is 0. The highest BCUT2D eigenvalue weighted by atomic mass is 17.2. The van der Waals surface area contributed by atoms with E-state index in [0.29, 0.717) is 0 Å². The van der Waals surface area contributed by atoms with Crippen LogP contribution in [0.2, 0.25) is 0 Å². The molecule has 0 aliphatic rings. The van der Waals surface area contributed by atoms with Crippen molar-refractivity contribution in [2.24, 2.45) is 0 Å². The van der Waals surface area contributed by atoms with E-state index in [2.05, 4.69) is 34.7 Å². The van der Waals surface area contributed by atoms with E-state index >= 15 is 0 Å². The first-order valence-corrected chi connectivity index (χ1v) is 5.77. The molecule has 0 aromatic carbocycles. The third-order valence-electron chi connectivity index (χ3n) is 1.53. The summed E-state index contributed by atoms with van der Waals surface area (Å²) >= 11 is 0. The van der Waals surface area contributed by atoms with Gasteiger partial charge in [0, 0.05) is 0 Å². The summed E-state index contributed by atoms with van der Waals surface area (Å²) in [6.45, 7) is 10.8. The van der Waals surface area contributed by atoms with E-state index in [1.807, 2.05) is 0 Å². The topological polar surface area (TPSA) is 94.1 Å². The molecule has 1 heterocycles. The zero-order valence-electron chi connectivity index (χ0n) is 11.3. The number of hydrogen-bond acceptors (Lipinski definition) is 9. The molecule has 0 amide bonds. The Morgan fingerprint density at radius 3 is 1.14 bits per heavy atom. The van der Waals surface area contributed by atoms with Crippen molar-refractivity contribution >= 4 is 0 Å². The molecule has 1 aromatic heterocycles. The molecular formula is C12H15N3O6. The molecule has 1 rings (SSSR count). The van der Waals surface area contributed by atoms with E-state index < -0.39 is 0 Å². The summed E-state index contributed by atoms with van der Waals surface area (Å²) < 4.78 is 0. The monoisotopic (exact) mass is 297 g/mol. The van der Waals surface area contributed by atoms with Crippen molar-refractivity contribution in [2.75, 3.05) is 19.8 Å². The molecule has 0 atom stereocenters. The van der Waals surface area contributed by atoms with Gasteiger partial charge >= 0.3 is 18.0 Å². The molecule has 114 valence electrons. The minimum Gasteiger partial charge on any atom is -0.294 e. The van der Waals surface area contributed by atoms with Gasteiger partial charge in [-0.2, -0.15) is 14.7 Å². The van der Waals surface area contributed by atoms with Crippen LogP contribution in [0.25, 0.3) is 0 Å². The summed E-state index contributed by atoms with van der Waals surface area (Å²) in [6.07, 6.45) is 4.45. The van der Waals surface area contributed by atoms with Gasteiger partial charge in [-0.15, -0.1) is 34.7 Å². The Kier molecular flexibility index (Phi) is 8.14. The van der Waals surface area contributed by atoms with E-state index in [9.17, 15) is 0 Å². The molecule has 0 aliphatic carbocycles. The Labute approximate surface area is 121 Å². The Morgan fingerprint density at radius 2 is 0.905 bits per heavy atom. The van der Waals surface area contributed by atoms with Crippen LogP contribution in [0, 0.1) is 0 Å². The normalized spacial score (nSPS) is 9.71. The Morgan fingerprint density at radius 1 is 0.619 bits per heavy atom. The quantitative estimate of drug-likeness (QED) is 0.245. The smallest absolute Gasteiger partial charge is 0.294 e. The molecule has 0 radical (unpaired) electrons. The maximum atomic E-state index is 4.80. The van der Waals surface area contributed by atoms with E-state index in [-0.39, 0.29) is 37.9 Å². The highest BCUT2D eigenvalue weighted by molar-refractivity contribution is 5.07. The van der Waals surface area contributed by atoms with Crippen molar-refractivity contribution in [3.05, 3.63) is 38.0 Å². The molecule has 0 N–H and O–H groups in total. The van der Waals surface area contributed by atoms with Gasteiger partial charge in [-0.25, -0.2) is 0 Å². The molecular weight excluding hydrogens is 282 g/mol. The third kappa shape index (κ3) is 7.01. The van der Waals surface area contributed by atoms with Crippen molar-refractivity contribution in [3.8, 4) is 18.0 Å². The minimum absolute atomic E-state index is 0.137. The predicted molar refractivity (Wildman–Crippen MR) is 70.2 cm³/mol. The standard InChI is InChI=1S/C12H15N3O6/c1-4-7-16-19-10-13-11(20-17-8-5-2)15-12(14-10)21-18-9-6-3/h4-6H,1-3,7-9H2. The fourth-order valence-electron chi connectivity index (χ4n) is 0.837. The second-order valence-electron chi connectivity index (χ2n) is 3.15. The number of nitrogens with zero attached hydrogens (tertiary/aromatic N) is 3. The summed E-state index contributed by atoms with van der Waals surface area (Å²) in [4.78, 5) is 39.9. The lowest BCUT2D eigenvalue weighted by atomic mass is 10.7. The van der Waals surface area contributed by atoms with Crippen LogP contribution in [0.3, 0.4) is 0 Å². The average molecular weight is 297 g/mol. The molecule has 0 fully saturated rings. The molecule has 21 heavy (non-hydrogen) atoms. The SMILES string of the molecule is C=CCOOc1nc(OOCC=C)nc(OOCC=C)n1. The van der Waals surface area contributed by atoms with Gasteiger partial charge in [-0.1, -0.05) is 18.2 Å². The van der Waals surface area contributed by atoms with Gasteiger partial charge in [0.25, 0.3) is 0 Å². The molecule has 1 aromatic rings. The first kappa shape index (κ1) is 16.6. The lowest BCUT2D eigenvalue weighted by Gasteiger charge is -2.06. The average Bonchev–Trinajstić information content (AvgIpc) is 2.48. The van der Waals surface area contributed by atoms with Crippen LogP contribution < -0.4 is 14.7 Å². The molecule has 0 bridgehead atoms. The van der Waals surface area contributed by atoms with Crippen LogP contribution in [-0.2, 0) is 14.7 Å². The molecule has 0 spiro atoms. The molecule has 0 aliphatic heterocycles. The van der Waals surface area contributed by atoms with Gasteiger partial charge < -0.3 is 0 Å². The molecule has 0 unspecified atom stereocenters. The second-order valence-corrected chi connectivity index (χ2v) is 3.15. The Balaban J connectivity index is 2.71. The first-order chi connectivity index (χ1) is 10.3. The van der Waals surface area contributed by atoms with Crippen molar-refractivity contribution in [1.29, 1.82) is 0 Å². The van der Waals surface area contributed by atoms with Crippen LogP contribution in [0.15, 0.2) is 38.0 Å². The van der Waals surface area contributed by atoms with Crippen LogP contribution in [0.4, 0.5) is 0 Å². The maximum absolute atomic E-state index is 4.80. The van der Waals surface area contributed by atoms with Crippen molar-refractivity contribution in [1.82, 2.24) is 15.0 Å². The maximum Gasteiger partial charge on any atom is 0.362 e. The van der Waals surface area contributed by atoms with E-state index in [0.717, 1.165) is 0 Å². The Bertz CT molecular complexity index is 389. The fourth-order valence-corrected chi connectivity index (χ4v) is 0.837. The zero-order chi connectivity index (χ0) is 15.3. The van der Waals surface area contributed by atoms with E-state index in [4.69, 9.17) is 29.3 Å². The summed E-state index contributed by atoms with van der Waals surface area (Å²) in [5.74, 6) is 0. The van der Waals surface area contributed by atoms with Gasteiger partial charge in [-0.3, -0.25) is 14.7 Å². The van der Waals surface area contributed by atoms with Crippen LogP contribution in [0.5, 0.6) is 18.0 Å². The summed E-state index contributed by atoms with van der Waals surface area (Å²) in [6, 6.07) is -0.622. The first-order valence-electron chi connectivity index (χ1n) is 5.77. The number of hydrogen-bond donors (Lipinski definition) is 0. The summed E-state index contributed by atoms with van der Waals surface area (Å²) in [7, 11) is 0. The van der Waals surface area contributed by atoms with Gasteiger partial charge in [-0.05, 0) is 0 Å². The molecule has 0 saturated heterocycles. The third-order valence-corrected chi connectivity index (χ3v) is 1.53. The van der Waals surface area contributed by atoms with Crippen LogP contribution in [0.1, 0.15) is 0 Å². The van der Waals surface area contributed by atoms with E-state index in [1.165, 1.54) is 18.2 Å². The number of aromatic nitrogens is 3. The van der Waals surface area contributed by atoms with Gasteiger partial charge in [0.05, 0.1) is 0 Å². The second kappa shape index (κ2) is 10.3. The molecule has 9 heteroatoms. The lowest BCUT2D eigenvalue weighted by molar-refractivity contribution is -0.221. The highest BCUT2D eigenvalue weighted by Crippen LogP contribution is 2.15. The van der Waals surface area contributed by atoms with Gasteiger partial charge in [0.2, 0.25) is 0 Å². The summed E-state index contributed by atoms with van der Waals surface area (Å²) in [5, 5.41) is 0. The Hall–Kier alpha value is -2.49. The zero-order valence-corrected chi connectivity index (χ0v) is 11.3. The van der Waals surface area contributed by atoms with E-state index in [1.54, 1.807) is 0 Å². The van der Waals surface area contributed by atoms with Gasteiger partial charge in [0.1, 0.15) is 19.8 Å². The molecule has 9 nitrogen and oxygen atoms in total. The van der Waals surface area contributed by atoms with Crippen molar-refractivity contribution in [2.45, 2.75) is 0 Å². The van der Waals surface area contributed by atoms with Crippen LogP contribution >= 0.6 is 0 Å².